The van der Waals surface area contributed by atoms with Crippen LogP contribution >= 0.6 is 46.7 Å². The van der Waals surface area contributed by atoms with Crippen molar-refractivity contribution in [1.82, 2.24) is 10.6 Å². The van der Waals surface area contributed by atoms with E-state index in [1.165, 1.54) is 23.5 Å². The average molecular weight is 806 g/mol. The van der Waals surface area contributed by atoms with Crippen molar-refractivity contribution in [2.45, 2.75) is 25.7 Å². The molecule has 2 heterocycles. The number of hydrogen-bond donors (Lipinski definition) is 2. The number of nitriles is 2. The summed E-state index contributed by atoms with van der Waals surface area (Å²) in [6.07, 6.45) is 0. The molecule has 0 radical (unpaired) electrons. The molecule has 0 saturated heterocycles. The Labute approximate surface area is 338 Å². The zero-order valence-electron chi connectivity index (χ0n) is 29.8. The summed E-state index contributed by atoms with van der Waals surface area (Å²) in [7, 11) is 0. The zero-order valence-corrected chi connectivity index (χ0v) is 32.9. The predicted octanol–water partition coefficient (Wildman–Crippen LogP) is 9.91. The van der Waals surface area contributed by atoms with E-state index in [4.69, 9.17) is 32.7 Å². The number of halogens is 2. The molecule has 8 nitrogen and oxygen atoms in total. The van der Waals surface area contributed by atoms with Crippen LogP contribution in [0.3, 0.4) is 0 Å². The summed E-state index contributed by atoms with van der Waals surface area (Å²) in [6, 6.07) is 37.7. The number of ether oxygens (including phenoxy) is 2. The van der Waals surface area contributed by atoms with Crippen LogP contribution in [-0.4, -0.2) is 30.2 Å². The van der Waals surface area contributed by atoms with Gasteiger partial charge in [0, 0.05) is 10.0 Å². The number of hydrogen-bond acceptors (Lipinski definition) is 10. The second-order valence-corrected chi connectivity index (χ2v) is 15.2. The Kier molecular flexibility index (Phi) is 13.1. The number of esters is 2. The Morgan fingerprint density at radius 2 is 0.982 bits per heavy atom. The van der Waals surface area contributed by atoms with Crippen LogP contribution in [0, 0.1) is 22.7 Å². The number of benzene rings is 4. The molecule has 2 N–H and O–H groups in total. The van der Waals surface area contributed by atoms with Crippen LogP contribution in [0.25, 0.3) is 11.4 Å². The fraction of sp³-hybridized carbons (Fsp3) is 0.163. The lowest BCUT2D eigenvalue weighted by Crippen LogP contribution is -2.30. The molecule has 55 heavy (non-hydrogen) atoms. The van der Waals surface area contributed by atoms with E-state index < -0.39 is 23.8 Å². The van der Waals surface area contributed by atoms with Crippen LogP contribution in [-0.2, 0) is 19.1 Å². The molecule has 4 aromatic carbocycles. The van der Waals surface area contributed by atoms with Gasteiger partial charge in [0.2, 0.25) is 0 Å². The highest BCUT2D eigenvalue weighted by atomic mass is 35.5. The number of allylic oxidation sites excluding steroid dienone is 2. The Morgan fingerprint density at radius 1 is 0.618 bits per heavy atom. The first-order chi connectivity index (χ1) is 26.8. The van der Waals surface area contributed by atoms with Crippen molar-refractivity contribution in [1.29, 1.82) is 10.5 Å². The van der Waals surface area contributed by atoms with Gasteiger partial charge >= 0.3 is 11.9 Å². The number of thioether (sulfide) groups is 2. The maximum atomic E-state index is 13.8. The van der Waals surface area contributed by atoms with E-state index >= 15 is 0 Å². The van der Waals surface area contributed by atoms with E-state index in [9.17, 15) is 20.1 Å². The second kappa shape index (κ2) is 18.3. The zero-order chi connectivity index (χ0) is 38.9. The van der Waals surface area contributed by atoms with Crippen LogP contribution in [0.15, 0.2) is 142 Å². The quantitative estimate of drug-likeness (QED) is 0.106. The Hall–Kier alpha value is -5.36. The third-order valence-corrected chi connectivity index (χ3v) is 11.7. The monoisotopic (exact) mass is 804 g/mol. The van der Waals surface area contributed by atoms with Crippen molar-refractivity contribution in [3.05, 3.63) is 174 Å². The molecule has 12 heteroatoms. The second-order valence-electron chi connectivity index (χ2n) is 12.0. The van der Waals surface area contributed by atoms with Crippen molar-refractivity contribution < 1.29 is 19.1 Å². The maximum Gasteiger partial charge on any atom is 0.337 e. The van der Waals surface area contributed by atoms with E-state index in [2.05, 4.69) is 22.8 Å². The van der Waals surface area contributed by atoms with Gasteiger partial charge in [0.15, 0.2) is 0 Å². The van der Waals surface area contributed by atoms with Crippen molar-refractivity contribution in [2.75, 3.05) is 18.3 Å². The molecule has 0 amide bonds. The van der Waals surface area contributed by atoms with E-state index in [-0.39, 0.29) is 35.5 Å². The molecule has 2 atom stereocenters. The summed E-state index contributed by atoms with van der Waals surface area (Å²) in [5, 5.41) is 30.4. The lowest BCUT2D eigenvalue weighted by Gasteiger charge is -2.32. The molecule has 0 unspecified atom stereocenters. The van der Waals surface area contributed by atoms with Gasteiger partial charge in [-0.25, -0.2) is 9.59 Å². The molecular weight excluding hydrogens is 772 g/mol. The fourth-order valence-corrected chi connectivity index (χ4v) is 9.16. The molecule has 0 aromatic heterocycles. The molecule has 6 rings (SSSR count). The van der Waals surface area contributed by atoms with Crippen molar-refractivity contribution in [3.63, 3.8) is 0 Å². The number of rotatable bonds is 12. The summed E-state index contributed by atoms with van der Waals surface area (Å²) in [5.74, 6) is -2.81. The number of nitrogens with zero attached hydrogens (tertiary/aromatic N) is 2. The summed E-state index contributed by atoms with van der Waals surface area (Å²) in [6.45, 7) is 3.74. The third-order valence-electron chi connectivity index (χ3n) is 8.86. The van der Waals surface area contributed by atoms with Gasteiger partial charge < -0.3 is 20.1 Å². The van der Waals surface area contributed by atoms with Crippen LogP contribution in [0.5, 0.6) is 0 Å². The number of carbonyl (C=O) groups excluding carboxylic acids is 2. The normalized spacial score (nSPS) is 16.8. The average Bonchev–Trinajstić information content (AvgIpc) is 3.21. The topological polar surface area (TPSA) is 124 Å². The van der Waals surface area contributed by atoms with Crippen molar-refractivity contribution >= 4 is 70.1 Å². The van der Waals surface area contributed by atoms with Gasteiger partial charge in [-0.05, 0) is 48.2 Å². The standard InChI is InChI=1S/C43H34Cl2N4O4S2/c1-3-52-42(50)36-34(28-19-11-13-21-32(28)44)30(23-46)40(48-38(36)26-15-7-5-8-16-26)54-25-55-41-31(24-47)35(29-20-12-14-22-33(29)45)37(43(51)53-4-2)39(49-41)27-17-9-6-10-18-27/h5-22,34-35,48-49H,3-4,25H2,1-2H3/t34-,35-/m0/s1. The molecule has 276 valence electrons. The number of carbonyl (C=O) groups is 2. The van der Waals surface area contributed by atoms with Crippen LogP contribution in [0.2, 0.25) is 10.0 Å². The van der Waals surface area contributed by atoms with Crippen LogP contribution in [0.1, 0.15) is 47.9 Å². The largest absolute Gasteiger partial charge is 0.463 e. The highest BCUT2D eigenvalue weighted by Crippen LogP contribution is 2.48. The van der Waals surface area contributed by atoms with Crippen molar-refractivity contribution in [2.24, 2.45) is 0 Å². The van der Waals surface area contributed by atoms with Crippen LogP contribution < -0.4 is 10.6 Å². The summed E-state index contributed by atoms with van der Waals surface area (Å²) < 4.78 is 11.1. The van der Waals surface area contributed by atoms with Gasteiger partial charge in [0.1, 0.15) is 0 Å². The predicted molar refractivity (Wildman–Crippen MR) is 220 cm³/mol. The van der Waals surface area contributed by atoms with E-state index in [0.717, 1.165) is 11.1 Å². The molecule has 0 saturated carbocycles. The SMILES string of the molecule is CCOC(=O)C1=C(c2ccccc2)NC(SCSC2=C(C#N)[C@H](c3ccccc3Cl)C(C(=O)OCC)=C(c3ccccc3)N2)=C(C#N)[C@@H]1c1ccccc1Cl. The number of dihydropyridines is 2. The Balaban J connectivity index is 1.44. The van der Waals surface area contributed by atoms with E-state index in [1.807, 2.05) is 72.8 Å². The molecule has 0 spiro atoms. The molecule has 0 bridgehead atoms. The fourth-order valence-electron chi connectivity index (χ4n) is 6.50. The molecule has 2 aliphatic rings. The van der Waals surface area contributed by atoms with E-state index in [0.29, 0.717) is 47.7 Å². The Morgan fingerprint density at radius 3 is 1.33 bits per heavy atom. The first-order valence-electron chi connectivity index (χ1n) is 17.3. The van der Waals surface area contributed by atoms with Gasteiger partial charge in [-0.15, -0.1) is 0 Å². The smallest absolute Gasteiger partial charge is 0.337 e. The van der Waals surface area contributed by atoms with Gasteiger partial charge in [-0.3, -0.25) is 0 Å². The van der Waals surface area contributed by atoms with Crippen LogP contribution in [0.4, 0.5) is 0 Å². The molecule has 4 aromatic rings. The first-order valence-corrected chi connectivity index (χ1v) is 20.1. The van der Waals surface area contributed by atoms with E-state index in [1.54, 1.807) is 50.2 Å². The Bertz CT molecular complexity index is 2170. The summed E-state index contributed by atoms with van der Waals surface area (Å²) >= 11 is 16.2. The summed E-state index contributed by atoms with van der Waals surface area (Å²) in [5.41, 5.74) is 4.72. The molecule has 0 fully saturated rings. The highest BCUT2D eigenvalue weighted by Gasteiger charge is 2.40. The number of nitrogens with one attached hydrogen (secondary N) is 2. The third kappa shape index (κ3) is 8.34. The summed E-state index contributed by atoms with van der Waals surface area (Å²) in [4.78, 5) is 27.5. The van der Waals surface area contributed by atoms with Gasteiger partial charge in [0.25, 0.3) is 0 Å². The molecule has 0 aliphatic carbocycles. The lowest BCUT2D eigenvalue weighted by atomic mass is 9.81. The lowest BCUT2D eigenvalue weighted by molar-refractivity contribution is -0.139. The minimum absolute atomic E-state index is 0.138. The highest BCUT2D eigenvalue weighted by molar-refractivity contribution is 8.19. The van der Waals surface area contributed by atoms with Gasteiger partial charge in [0.05, 0.1) is 86.0 Å². The minimum atomic E-state index is -0.840. The van der Waals surface area contributed by atoms with Gasteiger partial charge in [-0.1, -0.05) is 144 Å². The first kappa shape index (κ1) is 39.3. The van der Waals surface area contributed by atoms with Crippen molar-refractivity contribution in [3.8, 4) is 12.1 Å². The minimum Gasteiger partial charge on any atom is -0.463 e. The van der Waals surface area contributed by atoms with Gasteiger partial charge in [-0.2, -0.15) is 10.5 Å². The molecule has 2 aliphatic heterocycles. The maximum absolute atomic E-state index is 13.8. The molecular formula is C43H34Cl2N4O4S2.